The van der Waals surface area contributed by atoms with Crippen molar-refractivity contribution in [2.75, 3.05) is 31.1 Å². The summed E-state index contributed by atoms with van der Waals surface area (Å²) in [6.07, 6.45) is 1.71. The number of piperazine rings is 1. The Kier molecular flexibility index (Phi) is 6.51. The Morgan fingerprint density at radius 3 is 2.68 bits per heavy atom. The highest BCUT2D eigenvalue weighted by atomic mass is 35.5. The summed E-state index contributed by atoms with van der Waals surface area (Å²) >= 11 is 7.73. The summed E-state index contributed by atoms with van der Waals surface area (Å²) in [6.45, 7) is 3.61. The average Bonchev–Trinajstić information content (AvgIpc) is 3.18. The number of halogens is 2. The predicted molar refractivity (Wildman–Crippen MR) is 117 cm³/mol. The number of hydrogen-bond acceptors (Lipinski definition) is 6. The minimum absolute atomic E-state index is 0. The molecule has 0 unspecified atom stereocenters. The highest BCUT2D eigenvalue weighted by Gasteiger charge is 2.19. The van der Waals surface area contributed by atoms with Gasteiger partial charge in [-0.25, -0.2) is 9.97 Å². The van der Waals surface area contributed by atoms with Crippen LogP contribution < -0.4 is 16.0 Å². The van der Waals surface area contributed by atoms with E-state index >= 15 is 0 Å². The second-order valence-corrected chi connectivity index (χ2v) is 7.47. The predicted octanol–water partition coefficient (Wildman–Crippen LogP) is 3.46. The number of carbonyl (C=O) groups is 1. The van der Waals surface area contributed by atoms with E-state index in [-0.39, 0.29) is 18.1 Å². The number of anilines is 1. The second-order valence-electron chi connectivity index (χ2n) is 6.21. The van der Waals surface area contributed by atoms with E-state index in [2.05, 4.69) is 15.2 Å². The molecule has 6 nitrogen and oxygen atoms in total. The highest BCUT2D eigenvalue weighted by molar-refractivity contribution is 7.13. The van der Waals surface area contributed by atoms with Crippen LogP contribution in [0, 0.1) is 0 Å². The van der Waals surface area contributed by atoms with Crippen molar-refractivity contribution in [3.05, 3.63) is 52.6 Å². The maximum Gasteiger partial charge on any atom is 0.268 e. The summed E-state index contributed by atoms with van der Waals surface area (Å²) in [6, 6.07) is 9.50. The van der Waals surface area contributed by atoms with Gasteiger partial charge in [-0.15, -0.1) is 23.7 Å². The van der Waals surface area contributed by atoms with Gasteiger partial charge in [0.1, 0.15) is 10.7 Å². The smallest absolute Gasteiger partial charge is 0.268 e. The molecule has 1 aliphatic heterocycles. The SMILES string of the molecule is Cl.NC(=O)c1ncc(N2CCNCC2)cc1-c1nc(-c2ccccc2Cl)cs1. The minimum atomic E-state index is -0.564. The first kappa shape index (κ1) is 20.5. The van der Waals surface area contributed by atoms with Gasteiger partial charge < -0.3 is 16.0 Å². The lowest BCUT2D eigenvalue weighted by Crippen LogP contribution is -2.43. The van der Waals surface area contributed by atoms with Crippen LogP contribution in [0.3, 0.4) is 0 Å². The van der Waals surface area contributed by atoms with Crippen LogP contribution in [0.5, 0.6) is 0 Å². The number of hydrogen-bond donors (Lipinski definition) is 2. The Bertz CT molecular complexity index is 988. The van der Waals surface area contributed by atoms with Crippen LogP contribution in [-0.2, 0) is 0 Å². The molecule has 1 aliphatic rings. The number of nitrogens with one attached hydrogen (secondary N) is 1. The summed E-state index contributed by atoms with van der Waals surface area (Å²) in [4.78, 5) is 23.2. The number of benzene rings is 1. The van der Waals surface area contributed by atoms with Gasteiger partial charge in [0.25, 0.3) is 5.91 Å². The summed E-state index contributed by atoms with van der Waals surface area (Å²) < 4.78 is 0. The van der Waals surface area contributed by atoms with Crippen LogP contribution in [0.2, 0.25) is 5.02 Å². The van der Waals surface area contributed by atoms with E-state index in [1.165, 1.54) is 11.3 Å². The normalized spacial score (nSPS) is 13.8. The van der Waals surface area contributed by atoms with Gasteiger partial charge in [0, 0.05) is 47.7 Å². The number of pyridine rings is 1. The second kappa shape index (κ2) is 8.87. The van der Waals surface area contributed by atoms with E-state index in [1.54, 1.807) is 6.20 Å². The molecule has 9 heteroatoms. The largest absolute Gasteiger partial charge is 0.368 e. The molecule has 3 heterocycles. The molecule has 3 aromatic rings. The topological polar surface area (TPSA) is 84.1 Å². The Labute approximate surface area is 178 Å². The van der Waals surface area contributed by atoms with Gasteiger partial charge in [-0.05, 0) is 12.1 Å². The number of rotatable bonds is 4. The Balaban J connectivity index is 0.00000225. The van der Waals surface area contributed by atoms with Crippen molar-refractivity contribution in [3.63, 3.8) is 0 Å². The molecule has 0 bridgehead atoms. The van der Waals surface area contributed by atoms with E-state index < -0.39 is 5.91 Å². The van der Waals surface area contributed by atoms with Gasteiger partial charge >= 0.3 is 0 Å². The van der Waals surface area contributed by atoms with Crippen molar-refractivity contribution in [3.8, 4) is 21.8 Å². The van der Waals surface area contributed by atoms with Gasteiger partial charge in [-0.2, -0.15) is 0 Å². The summed E-state index contributed by atoms with van der Waals surface area (Å²) in [5.74, 6) is -0.564. The molecule has 0 atom stereocenters. The van der Waals surface area contributed by atoms with E-state index in [9.17, 15) is 4.79 Å². The lowest BCUT2D eigenvalue weighted by atomic mass is 10.1. The van der Waals surface area contributed by atoms with Crippen molar-refractivity contribution in [2.24, 2.45) is 5.73 Å². The maximum atomic E-state index is 11.9. The highest BCUT2D eigenvalue weighted by Crippen LogP contribution is 2.34. The van der Waals surface area contributed by atoms with E-state index in [0.717, 1.165) is 43.1 Å². The molecule has 1 saturated heterocycles. The lowest BCUT2D eigenvalue weighted by Gasteiger charge is -2.29. The zero-order chi connectivity index (χ0) is 18.8. The van der Waals surface area contributed by atoms with Gasteiger partial charge in [0.15, 0.2) is 0 Å². The summed E-state index contributed by atoms with van der Waals surface area (Å²) in [5.41, 5.74) is 9.02. The van der Waals surface area contributed by atoms with Crippen LogP contribution >= 0.6 is 35.3 Å². The molecule has 1 amide bonds. The first-order chi connectivity index (χ1) is 13.1. The third-order valence-corrected chi connectivity index (χ3v) is 5.68. The molecule has 0 spiro atoms. The number of amides is 1. The first-order valence-corrected chi connectivity index (χ1v) is 9.85. The van der Waals surface area contributed by atoms with Gasteiger partial charge in [0.2, 0.25) is 0 Å². The zero-order valence-electron chi connectivity index (χ0n) is 14.9. The number of nitrogens with two attached hydrogens (primary N) is 1. The van der Waals surface area contributed by atoms with E-state index in [1.807, 2.05) is 35.7 Å². The van der Waals surface area contributed by atoms with Gasteiger partial charge in [-0.3, -0.25) is 4.79 Å². The molecule has 0 saturated carbocycles. The fourth-order valence-electron chi connectivity index (χ4n) is 3.10. The first-order valence-electron chi connectivity index (χ1n) is 8.60. The maximum absolute atomic E-state index is 11.9. The monoisotopic (exact) mass is 435 g/mol. The molecule has 2 aromatic heterocycles. The molecule has 3 N–H and O–H groups in total. The summed E-state index contributed by atoms with van der Waals surface area (Å²) in [5, 5.41) is 6.59. The molecular weight excluding hydrogens is 417 g/mol. The molecular formula is C19H19Cl2N5OS. The van der Waals surface area contributed by atoms with Crippen LogP contribution in [0.1, 0.15) is 10.5 Å². The molecule has 146 valence electrons. The van der Waals surface area contributed by atoms with Gasteiger partial charge in [0.05, 0.1) is 17.6 Å². The van der Waals surface area contributed by atoms with Crippen molar-refractivity contribution in [2.45, 2.75) is 0 Å². The molecule has 28 heavy (non-hydrogen) atoms. The van der Waals surface area contributed by atoms with Crippen molar-refractivity contribution >= 4 is 46.9 Å². The average molecular weight is 436 g/mol. The Morgan fingerprint density at radius 2 is 1.96 bits per heavy atom. The fraction of sp³-hybridized carbons (Fsp3) is 0.211. The molecule has 4 rings (SSSR count). The summed E-state index contributed by atoms with van der Waals surface area (Å²) in [7, 11) is 0. The molecule has 0 radical (unpaired) electrons. The zero-order valence-corrected chi connectivity index (χ0v) is 17.3. The van der Waals surface area contributed by atoms with E-state index in [4.69, 9.17) is 22.3 Å². The number of thiazole rings is 1. The number of aromatic nitrogens is 2. The van der Waals surface area contributed by atoms with Crippen molar-refractivity contribution in [1.29, 1.82) is 0 Å². The lowest BCUT2D eigenvalue weighted by molar-refractivity contribution is 0.0996. The number of nitrogens with zero attached hydrogens (tertiary/aromatic N) is 3. The third kappa shape index (κ3) is 4.12. The molecule has 1 fully saturated rings. The molecule has 1 aromatic carbocycles. The molecule has 0 aliphatic carbocycles. The quantitative estimate of drug-likeness (QED) is 0.655. The number of carbonyl (C=O) groups excluding carboxylic acids is 1. The van der Waals surface area contributed by atoms with Crippen molar-refractivity contribution < 1.29 is 4.79 Å². The number of primary amides is 1. The Hall–Kier alpha value is -2.19. The van der Waals surface area contributed by atoms with Crippen LogP contribution in [0.15, 0.2) is 41.9 Å². The standard InChI is InChI=1S/C19H18ClN5OS.ClH/c20-15-4-2-1-3-13(15)16-11-27-19(24-16)14-9-12(10-23-17(14)18(21)26)25-7-5-22-6-8-25;/h1-4,9-11,22H,5-8H2,(H2,21,26);1H. The van der Waals surface area contributed by atoms with Gasteiger partial charge in [-0.1, -0.05) is 29.8 Å². The fourth-order valence-corrected chi connectivity index (χ4v) is 4.17. The van der Waals surface area contributed by atoms with Crippen LogP contribution in [-0.4, -0.2) is 42.1 Å². The van der Waals surface area contributed by atoms with Crippen LogP contribution in [0.4, 0.5) is 5.69 Å². The minimum Gasteiger partial charge on any atom is -0.368 e. The van der Waals surface area contributed by atoms with E-state index in [0.29, 0.717) is 15.6 Å². The van der Waals surface area contributed by atoms with Crippen molar-refractivity contribution in [1.82, 2.24) is 15.3 Å². The third-order valence-electron chi connectivity index (χ3n) is 4.47. The Morgan fingerprint density at radius 1 is 1.21 bits per heavy atom. The van der Waals surface area contributed by atoms with Crippen LogP contribution in [0.25, 0.3) is 21.8 Å².